The quantitative estimate of drug-likeness (QED) is 0.783. The lowest BCUT2D eigenvalue weighted by atomic mass is 10.0. The molecule has 0 radical (unpaired) electrons. The first-order chi connectivity index (χ1) is 9.58. The van der Waals surface area contributed by atoms with Crippen molar-refractivity contribution >= 4 is 5.91 Å². The van der Waals surface area contributed by atoms with Crippen LogP contribution < -0.4 is 5.32 Å². The fourth-order valence-corrected chi connectivity index (χ4v) is 2.21. The first-order valence-electron chi connectivity index (χ1n) is 6.75. The monoisotopic (exact) mass is 272 g/mol. The minimum absolute atomic E-state index is 0.105. The van der Waals surface area contributed by atoms with Crippen molar-refractivity contribution < 1.29 is 9.90 Å². The van der Waals surface area contributed by atoms with Crippen LogP contribution in [0, 0.1) is 6.92 Å². The summed E-state index contributed by atoms with van der Waals surface area (Å²) in [7, 11) is 0. The molecule has 0 spiro atoms. The van der Waals surface area contributed by atoms with Crippen LogP contribution in [0.3, 0.4) is 0 Å². The maximum absolute atomic E-state index is 12.0. The number of aliphatic hydroxyl groups is 1. The number of carbonyl (C=O) groups excluding carboxylic acids is 1. The summed E-state index contributed by atoms with van der Waals surface area (Å²) < 4.78 is 0. The van der Waals surface area contributed by atoms with Gasteiger partial charge in [0.25, 0.3) is 5.91 Å². The number of hydrogen-bond acceptors (Lipinski definition) is 2. The summed E-state index contributed by atoms with van der Waals surface area (Å²) in [5.41, 5.74) is 2.36. The highest BCUT2D eigenvalue weighted by molar-refractivity contribution is 5.95. The number of benzene rings is 1. The van der Waals surface area contributed by atoms with Crippen LogP contribution >= 0.6 is 0 Å². The molecule has 0 bridgehead atoms. The van der Waals surface area contributed by atoms with E-state index in [0.717, 1.165) is 11.3 Å². The van der Waals surface area contributed by atoms with E-state index in [2.05, 4.69) is 10.3 Å². The molecule has 1 aromatic carbocycles. The summed E-state index contributed by atoms with van der Waals surface area (Å²) in [5, 5.41) is 13.0. The number of aromatic amines is 1. The SMILES string of the molecule is Cc1[nH]ccc1C(=O)N[C@H](C)C[C@@H](O)c1ccccc1. The molecule has 0 aliphatic heterocycles. The lowest BCUT2D eigenvalue weighted by Gasteiger charge is -2.18. The molecule has 4 heteroatoms. The number of aromatic nitrogens is 1. The molecule has 4 nitrogen and oxygen atoms in total. The Labute approximate surface area is 118 Å². The number of aliphatic hydroxyl groups excluding tert-OH is 1. The normalized spacial score (nSPS) is 13.8. The second kappa shape index (κ2) is 6.39. The van der Waals surface area contributed by atoms with Gasteiger partial charge >= 0.3 is 0 Å². The highest BCUT2D eigenvalue weighted by Crippen LogP contribution is 2.18. The highest BCUT2D eigenvalue weighted by Gasteiger charge is 2.16. The molecule has 106 valence electrons. The minimum Gasteiger partial charge on any atom is -0.388 e. The molecular formula is C16H20N2O2. The molecule has 0 aliphatic rings. The Kier molecular flexibility index (Phi) is 4.58. The van der Waals surface area contributed by atoms with Crippen molar-refractivity contribution in [3.05, 3.63) is 59.4 Å². The topological polar surface area (TPSA) is 65.1 Å². The molecule has 0 unspecified atom stereocenters. The zero-order valence-electron chi connectivity index (χ0n) is 11.8. The Morgan fingerprint density at radius 2 is 2.00 bits per heavy atom. The molecule has 2 rings (SSSR count). The second-order valence-electron chi connectivity index (χ2n) is 5.05. The van der Waals surface area contributed by atoms with Gasteiger partial charge in [-0.25, -0.2) is 0 Å². The van der Waals surface area contributed by atoms with Crippen LogP contribution in [0.1, 0.15) is 41.1 Å². The van der Waals surface area contributed by atoms with Crippen molar-refractivity contribution in [2.75, 3.05) is 0 Å². The number of rotatable bonds is 5. The Hall–Kier alpha value is -2.07. The van der Waals surface area contributed by atoms with Crippen LogP contribution in [0.15, 0.2) is 42.6 Å². The number of H-pyrrole nitrogens is 1. The molecule has 2 aromatic rings. The predicted molar refractivity (Wildman–Crippen MR) is 78.5 cm³/mol. The predicted octanol–water partition coefficient (Wildman–Crippen LogP) is 2.57. The molecule has 1 heterocycles. The van der Waals surface area contributed by atoms with E-state index in [4.69, 9.17) is 0 Å². The van der Waals surface area contributed by atoms with Crippen molar-refractivity contribution in [3.8, 4) is 0 Å². The molecule has 0 fully saturated rings. The Bertz CT molecular complexity index is 563. The Balaban J connectivity index is 1.91. The Morgan fingerprint density at radius 3 is 2.60 bits per heavy atom. The molecule has 1 amide bonds. The van der Waals surface area contributed by atoms with Crippen LogP contribution in [-0.4, -0.2) is 22.0 Å². The summed E-state index contributed by atoms with van der Waals surface area (Å²) in [5.74, 6) is -0.114. The summed E-state index contributed by atoms with van der Waals surface area (Å²) in [6, 6.07) is 11.1. The van der Waals surface area contributed by atoms with Crippen LogP contribution in [0.5, 0.6) is 0 Å². The smallest absolute Gasteiger partial charge is 0.253 e. The van der Waals surface area contributed by atoms with E-state index >= 15 is 0 Å². The average molecular weight is 272 g/mol. The van der Waals surface area contributed by atoms with Crippen molar-refractivity contribution in [1.29, 1.82) is 0 Å². The minimum atomic E-state index is -0.571. The van der Waals surface area contributed by atoms with Crippen molar-refractivity contribution in [2.45, 2.75) is 32.4 Å². The third-order valence-electron chi connectivity index (χ3n) is 3.34. The zero-order chi connectivity index (χ0) is 14.5. The number of carbonyl (C=O) groups is 1. The van der Waals surface area contributed by atoms with Crippen molar-refractivity contribution in [1.82, 2.24) is 10.3 Å². The van der Waals surface area contributed by atoms with Gasteiger partial charge in [-0.1, -0.05) is 30.3 Å². The summed E-state index contributed by atoms with van der Waals surface area (Å²) >= 11 is 0. The van der Waals surface area contributed by atoms with Gasteiger partial charge in [0.2, 0.25) is 0 Å². The van der Waals surface area contributed by atoms with Crippen molar-refractivity contribution in [2.24, 2.45) is 0 Å². The molecule has 20 heavy (non-hydrogen) atoms. The molecule has 2 atom stereocenters. The van der Waals surface area contributed by atoms with Crippen LogP contribution in [0.2, 0.25) is 0 Å². The van der Waals surface area contributed by atoms with Gasteiger partial charge in [-0.3, -0.25) is 4.79 Å². The molecule has 0 saturated heterocycles. The van der Waals surface area contributed by atoms with Gasteiger partial charge in [0.1, 0.15) is 0 Å². The zero-order valence-corrected chi connectivity index (χ0v) is 11.8. The molecular weight excluding hydrogens is 252 g/mol. The lowest BCUT2D eigenvalue weighted by molar-refractivity contribution is 0.0916. The van der Waals surface area contributed by atoms with Gasteiger partial charge in [-0.05, 0) is 31.9 Å². The molecule has 3 N–H and O–H groups in total. The maximum atomic E-state index is 12.0. The lowest BCUT2D eigenvalue weighted by Crippen LogP contribution is -2.33. The number of amides is 1. The number of nitrogens with one attached hydrogen (secondary N) is 2. The van der Waals surface area contributed by atoms with E-state index in [9.17, 15) is 9.90 Å². The fourth-order valence-electron chi connectivity index (χ4n) is 2.21. The fraction of sp³-hybridized carbons (Fsp3) is 0.312. The third-order valence-corrected chi connectivity index (χ3v) is 3.34. The van der Waals surface area contributed by atoms with E-state index in [1.807, 2.05) is 44.2 Å². The standard InChI is InChI=1S/C16H20N2O2/c1-11(10-15(19)13-6-4-3-5-7-13)18-16(20)14-8-9-17-12(14)2/h3-9,11,15,17,19H,10H2,1-2H3,(H,18,20)/t11-,15-/m1/s1. The van der Waals surface area contributed by atoms with E-state index in [1.165, 1.54) is 0 Å². The molecule has 0 aliphatic carbocycles. The van der Waals surface area contributed by atoms with Gasteiger partial charge < -0.3 is 15.4 Å². The van der Waals surface area contributed by atoms with Gasteiger partial charge in [-0.2, -0.15) is 0 Å². The summed E-state index contributed by atoms with van der Waals surface area (Å²) in [6.45, 7) is 3.75. The maximum Gasteiger partial charge on any atom is 0.253 e. The van der Waals surface area contributed by atoms with Gasteiger partial charge in [-0.15, -0.1) is 0 Å². The van der Waals surface area contributed by atoms with Gasteiger partial charge in [0.15, 0.2) is 0 Å². The molecule has 0 saturated carbocycles. The summed E-state index contributed by atoms with van der Waals surface area (Å²) in [6.07, 6.45) is 1.66. The van der Waals surface area contributed by atoms with Crippen molar-refractivity contribution in [3.63, 3.8) is 0 Å². The number of hydrogen-bond donors (Lipinski definition) is 3. The highest BCUT2D eigenvalue weighted by atomic mass is 16.3. The Morgan fingerprint density at radius 1 is 1.30 bits per heavy atom. The first kappa shape index (κ1) is 14.3. The van der Waals surface area contributed by atoms with Crippen LogP contribution in [0.25, 0.3) is 0 Å². The van der Waals surface area contributed by atoms with E-state index in [1.54, 1.807) is 12.3 Å². The first-order valence-corrected chi connectivity index (χ1v) is 6.75. The second-order valence-corrected chi connectivity index (χ2v) is 5.05. The van der Waals surface area contributed by atoms with E-state index < -0.39 is 6.10 Å². The van der Waals surface area contributed by atoms with E-state index in [0.29, 0.717) is 12.0 Å². The van der Waals surface area contributed by atoms with Crippen LogP contribution in [-0.2, 0) is 0 Å². The molecule has 1 aromatic heterocycles. The van der Waals surface area contributed by atoms with Gasteiger partial charge in [0, 0.05) is 17.9 Å². The van der Waals surface area contributed by atoms with Crippen LogP contribution in [0.4, 0.5) is 0 Å². The average Bonchev–Trinajstić information content (AvgIpc) is 2.86. The summed E-state index contributed by atoms with van der Waals surface area (Å²) in [4.78, 5) is 15.0. The third kappa shape index (κ3) is 3.48. The van der Waals surface area contributed by atoms with E-state index in [-0.39, 0.29) is 11.9 Å². The largest absolute Gasteiger partial charge is 0.388 e. The van der Waals surface area contributed by atoms with Gasteiger partial charge in [0.05, 0.1) is 11.7 Å². The number of aryl methyl sites for hydroxylation is 1.